The van der Waals surface area contributed by atoms with Crippen molar-refractivity contribution in [3.05, 3.63) is 43.0 Å². The number of aromatic nitrogens is 4. The van der Waals surface area contributed by atoms with Crippen LogP contribution in [0.4, 0.5) is 0 Å². The number of nitrogens with zero attached hydrogens (tertiary/aromatic N) is 3. The number of aliphatic hydroxyl groups is 5. The van der Waals surface area contributed by atoms with Crippen molar-refractivity contribution in [1.29, 1.82) is 0 Å². The Bertz CT molecular complexity index is 535. The van der Waals surface area contributed by atoms with Crippen LogP contribution in [0.5, 0.6) is 0 Å². The van der Waals surface area contributed by atoms with E-state index in [4.69, 9.17) is 10.2 Å². The van der Waals surface area contributed by atoms with Gasteiger partial charge in [-0.3, -0.25) is 14.9 Å². The zero-order valence-electron chi connectivity index (χ0n) is 16.2. The smallest absolute Gasteiger partial charge is 0.164 e. The first-order valence-electron chi connectivity index (χ1n) is 8.96. The van der Waals surface area contributed by atoms with Crippen molar-refractivity contribution in [2.75, 3.05) is 6.61 Å². The van der Waals surface area contributed by atoms with Crippen LogP contribution in [0, 0.1) is 0 Å². The summed E-state index contributed by atoms with van der Waals surface area (Å²) in [5.74, 6) is -0.574. The van der Waals surface area contributed by atoms with Gasteiger partial charge in [0.05, 0.1) is 12.8 Å². The number of Topliss-reactive ketones (excluding diaryl/α,β-unsaturated/α-hetero) is 1. The van der Waals surface area contributed by atoms with Gasteiger partial charge in [-0.1, -0.05) is 31.0 Å². The third-order valence-corrected chi connectivity index (χ3v) is 3.51. The van der Waals surface area contributed by atoms with Crippen molar-refractivity contribution in [3.63, 3.8) is 0 Å². The molecule has 0 bridgehead atoms. The maximum atomic E-state index is 11.4. The molecule has 0 aliphatic carbocycles. The number of ketones is 1. The molecule has 2 heterocycles. The monoisotopic (exact) mass is 456 g/mol. The van der Waals surface area contributed by atoms with Gasteiger partial charge in [-0.05, 0) is 18.6 Å². The van der Waals surface area contributed by atoms with E-state index in [1.807, 2.05) is 25.1 Å². The van der Waals surface area contributed by atoms with Gasteiger partial charge in [0.1, 0.15) is 24.4 Å². The number of unbranched alkanes of at least 4 members (excludes halogenated alkanes) is 2. The van der Waals surface area contributed by atoms with Crippen molar-refractivity contribution in [2.45, 2.75) is 57.0 Å². The fourth-order valence-corrected chi connectivity index (χ4v) is 1.89. The molecule has 0 aliphatic rings. The number of H-pyrrole nitrogens is 1. The largest absolute Gasteiger partial charge is 0.394 e. The van der Waals surface area contributed by atoms with Gasteiger partial charge in [0.2, 0.25) is 0 Å². The Morgan fingerprint density at radius 2 is 1.66 bits per heavy atom. The van der Waals surface area contributed by atoms with Crippen LogP contribution in [-0.4, -0.2) is 82.7 Å². The average Bonchev–Trinajstić information content (AvgIpc) is 3.33. The van der Waals surface area contributed by atoms with Crippen molar-refractivity contribution in [2.24, 2.45) is 0 Å². The molecule has 2 aromatic rings. The second-order valence-corrected chi connectivity index (χ2v) is 5.78. The van der Waals surface area contributed by atoms with Gasteiger partial charge in [0.25, 0.3) is 0 Å². The van der Waals surface area contributed by atoms with Crippen LogP contribution in [-0.2, 0) is 21.3 Å². The molecule has 29 heavy (non-hydrogen) atoms. The Labute approximate surface area is 179 Å². The Morgan fingerprint density at radius 3 is 2.00 bits per heavy atom. The summed E-state index contributed by atoms with van der Waals surface area (Å²) in [7, 11) is 0. The second kappa shape index (κ2) is 19.6. The number of aromatic amines is 1. The van der Waals surface area contributed by atoms with Crippen molar-refractivity contribution in [1.82, 2.24) is 20.4 Å². The first kappa shape index (κ1) is 29.5. The molecule has 0 saturated heterocycles. The van der Waals surface area contributed by atoms with Crippen LogP contribution in [0.15, 0.2) is 43.0 Å². The molecular formula is C18H30N4NiO6. The molecule has 0 spiro atoms. The van der Waals surface area contributed by atoms with Gasteiger partial charge in [-0.2, -0.15) is 0 Å². The third-order valence-electron chi connectivity index (χ3n) is 3.51. The summed E-state index contributed by atoms with van der Waals surface area (Å²) in [5, 5.41) is 55.1. The fraction of sp³-hybridized carbons (Fsp3) is 0.556. The number of carbonyl (C=O) groups excluding carboxylic acids is 1. The number of nitrogens with one attached hydrogen (secondary N) is 1. The zero-order valence-corrected chi connectivity index (χ0v) is 17.2. The maximum Gasteiger partial charge on any atom is 0.164 e. The first-order chi connectivity index (χ1) is 13.5. The topological polar surface area (TPSA) is 173 Å². The van der Waals surface area contributed by atoms with Crippen LogP contribution in [0.3, 0.4) is 0 Å². The van der Waals surface area contributed by atoms with E-state index >= 15 is 0 Å². The Morgan fingerprint density at radius 1 is 1.00 bits per heavy atom. The van der Waals surface area contributed by atoms with E-state index in [2.05, 4.69) is 20.4 Å². The first-order valence-corrected chi connectivity index (χ1v) is 8.96. The van der Waals surface area contributed by atoms with Crippen molar-refractivity contribution < 1.29 is 46.8 Å². The Hall–Kier alpha value is -1.75. The van der Waals surface area contributed by atoms with Crippen LogP contribution < -0.4 is 0 Å². The minimum atomic E-state index is -1.79. The number of rotatable bonds is 9. The maximum absolute atomic E-state index is 11.4. The minimum Gasteiger partial charge on any atom is -0.394 e. The molecule has 4 atom stereocenters. The average molecular weight is 457 g/mol. The quantitative estimate of drug-likeness (QED) is 0.214. The molecule has 4 unspecified atom stereocenters. The predicted octanol–water partition coefficient (Wildman–Crippen LogP) is -0.544. The second-order valence-electron chi connectivity index (χ2n) is 5.78. The van der Waals surface area contributed by atoms with E-state index in [-0.39, 0.29) is 22.9 Å². The van der Waals surface area contributed by atoms with Gasteiger partial charge in [-0.25, -0.2) is 0 Å². The Balaban J connectivity index is 0. The summed E-state index contributed by atoms with van der Waals surface area (Å²) in [5.41, 5.74) is 0. The third kappa shape index (κ3) is 14.8. The van der Waals surface area contributed by atoms with Crippen LogP contribution in [0.25, 0.3) is 0 Å². The molecule has 2 rings (SSSR count). The summed E-state index contributed by atoms with van der Waals surface area (Å²) in [6.45, 7) is 1.21. The summed E-state index contributed by atoms with van der Waals surface area (Å²) >= 11 is 0. The van der Waals surface area contributed by atoms with E-state index < -0.39 is 36.8 Å². The number of carbonyl (C=O) groups is 1. The molecular weight excluding hydrogens is 427 g/mol. The molecule has 0 aromatic carbocycles. The molecule has 0 radical (unpaired) electrons. The molecule has 0 saturated carbocycles. The molecule has 0 fully saturated rings. The van der Waals surface area contributed by atoms with E-state index in [0.717, 1.165) is 12.8 Å². The van der Waals surface area contributed by atoms with E-state index in [9.17, 15) is 20.1 Å². The zero-order chi connectivity index (χ0) is 21.2. The number of hydrogen-bond acceptors (Lipinski definition) is 9. The number of hydrogen-bond donors (Lipinski definition) is 6. The normalized spacial score (nSPS) is 13.9. The molecule has 168 valence electrons. The Kier molecular flexibility index (Phi) is 19.9. The van der Waals surface area contributed by atoms with Crippen molar-refractivity contribution in [3.8, 4) is 0 Å². The molecule has 2 aromatic heterocycles. The van der Waals surface area contributed by atoms with E-state index in [1.165, 1.54) is 0 Å². The van der Waals surface area contributed by atoms with Crippen LogP contribution in [0.1, 0.15) is 32.6 Å². The summed E-state index contributed by atoms with van der Waals surface area (Å²) in [6, 6.07) is 5.72. The standard InChI is InChI=1S/C11H22O6.C5H5N.C2H3N3.Ni/c1-2-3-4-5-7(13)9(15)11(17)10(16)8(14)6-12;1-2-4-6-5-3-1;1-2-4-5-3-1;/h8-12,14-17H,2-6H2,1H3;1-5H;1-2H,(H,3,4,5);. The molecule has 0 aliphatic heterocycles. The molecule has 0 amide bonds. The van der Waals surface area contributed by atoms with Crippen molar-refractivity contribution >= 4 is 5.78 Å². The van der Waals surface area contributed by atoms with Gasteiger partial charge < -0.3 is 25.5 Å². The predicted molar refractivity (Wildman–Crippen MR) is 101 cm³/mol. The van der Waals surface area contributed by atoms with Crippen LogP contribution in [0.2, 0.25) is 0 Å². The van der Waals surface area contributed by atoms with Gasteiger partial charge in [0, 0.05) is 41.5 Å². The SMILES string of the molecule is CCCCCC(=O)C(O)C(O)C(O)C(O)CO.[Ni].c1c[nH]nn1.c1ccncc1. The molecule has 10 nitrogen and oxygen atoms in total. The van der Waals surface area contributed by atoms with Crippen LogP contribution >= 0.6 is 0 Å². The molecule has 11 heteroatoms. The summed E-state index contributed by atoms with van der Waals surface area (Å²) < 4.78 is 0. The van der Waals surface area contributed by atoms with E-state index in [0.29, 0.717) is 6.42 Å². The fourth-order valence-electron chi connectivity index (χ4n) is 1.89. The van der Waals surface area contributed by atoms with Gasteiger partial charge >= 0.3 is 0 Å². The van der Waals surface area contributed by atoms with Gasteiger partial charge in [-0.15, -0.1) is 5.10 Å². The number of aliphatic hydroxyl groups excluding tert-OH is 5. The summed E-state index contributed by atoms with van der Waals surface area (Å²) in [4.78, 5) is 15.2. The minimum absolute atomic E-state index is 0. The molecule has 6 N–H and O–H groups in total. The van der Waals surface area contributed by atoms with Gasteiger partial charge in [0.15, 0.2) is 5.78 Å². The number of pyridine rings is 1. The summed E-state index contributed by atoms with van der Waals surface area (Å²) in [6.07, 6.45) is 2.39. The van der Waals surface area contributed by atoms with E-state index in [1.54, 1.807) is 24.8 Å².